The summed E-state index contributed by atoms with van der Waals surface area (Å²) in [6, 6.07) is 13.5. The van der Waals surface area contributed by atoms with Crippen LogP contribution in [-0.4, -0.2) is 13.1 Å². The zero-order valence-electron chi connectivity index (χ0n) is 16.4. The van der Waals surface area contributed by atoms with Crippen LogP contribution < -0.4 is 4.74 Å². The predicted octanol–water partition coefficient (Wildman–Crippen LogP) is 5.79. The van der Waals surface area contributed by atoms with Gasteiger partial charge in [-0.2, -0.15) is 0 Å². The first-order valence-corrected chi connectivity index (χ1v) is 9.02. The third-order valence-electron chi connectivity index (χ3n) is 4.00. The normalized spacial score (nSPS) is 10.1. The number of carbonyl (C=O) groups is 1. The molecule has 2 aromatic carbocycles. The number of hydrogen-bond donors (Lipinski definition) is 0. The van der Waals surface area contributed by atoms with Crippen molar-refractivity contribution in [3.05, 3.63) is 72.0 Å². The first kappa shape index (κ1) is 20.3. The Bertz CT molecular complexity index is 921. The maximum Gasteiger partial charge on any atom is 0.310 e. The SMILES string of the molecule is C=C(C)c1cc(COc2ccccc2CC(=O)OC)cc2ccoc12.CC. The van der Waals surface area contributed by atoms with Crippen molar-refractivity contribution in [2.45, 2.75) is 33.8 Å². The average molecular weight is 366 g/mol. The standard InChI is InChI=1S/C21H20O4.C2H6/c1-14(2)18-11-15(10-17-8-9-24-21(17)18)13-25-19-7-5-4-6-16(19)12-20(22)23-3;1-2/h4-11H,1,12-13H2,2-3H3;1-2H3. The number of para-hydroxylation sites is 1. The minimum absolute atomic E-state index is 0.185. The van der Waals surface area contributed by atoms with Crippen LogP contribution in [0.1, 0.15) is 37.5 Å². The van der Waals surface area contributed by atoms with Crippen LogP contribution in [0.25, 0.3) is 16.5 Å². The van der Waals surface area contributed by atoms with E-state index in [4.69, 9.17) is 13.9 Å². The van der Waals surface area contributed by atoms with E-state index in [-0.39, 0.29) is 12.4 Å². The fourth-order valence-corrected chi connectivity index (χ4v) is 2.72. The second-order valence-electron chi connectivity index (χ2n) is 5.91. The lowest BCUT2D eigenvalue weighted by Gasteiger charge is -2.12. The molecule has 3 aromatic rings. The van der Waals surface area contributed by atoms with Gasteiger partial charge < -0.3 is 13.9 Å². The third-order valence-corrected chi connectivity index (χ3v) is 4.00. The molecule has 0 aliphatic carbocycles. The number of furan rings is 1. The number of carbonyl (C=O) groups excluding carboxylic acids is 1. The molecule has 0 spiro atoms. The van der Waals surface area contributed by atoms with Gasteiger partial charge in [-0.05, 0) is 42.3 Å². The highest BCUT2D eigenvalue weighted by Crippen LogP contribution is 2.28. The Hall–Kier alpha value is -3.01. The molecule has 1 heterocycles. The largest absolute Gasteiger partial charge is 0.489 e. The van der Waals surface area contributed by atoms with E-state index in [1.807, 2.05) is 63.2 Å². The summed E-state index contributed by atoms with van der Waals surface area (Å²) >= 11 is 0. The number of rotatable bonds is 6. The van der Waals surface area contributed by atoms with Crippen molar-refractivity contribution in [1.82, 2.24) is 0 Å². The lowest BCUT2D eigenvalue weighted by atomic mass is 10.0. The number of hydrogen-bond acceptors (Lipinski definition) is 4. The minimum Gasteiger partial charge on any atom is -0.489 e. The molecule has 0 atom stereocenters. The van der Waals surface area contributed by atoms with Gasteiger partial charge in [0.05, 0.1) is 19.8 Å². The van der Waals surface area contributed by atoms with Gasteiger partial charge in [0.25, 0.3) is 0 Å². The van der Waals surface area contributed by atoms with Gasteiger partial charge in [-0.3, -0.25) is 4.79 Å². The first-order valence-electron chi connectivity index (χ1n) is 9.02. The van der Waals surface area contributed by atoms with Gasteiger partial charge in [-0.25, -0.2) is 0 Å². The summed E-state index contributed by atoms with van der Waals surface area (Å²) < 4.78 is 16.2. The van der Waals surface area contributed by atoms with Gasteiger partial charge in [-0.15, -0.1) is 0 Å². The molecule has 0 N–H and O–H groups in total. The van der Waals surface area contributed by atoms with Gasteiger partial charge in [0.2, 0.25) is 0 Å². The number of fused-ring (bicyclic) bond motifs is 1. The monoisotopic (exact) mass is 366 g/mol. The molecule has 0 radical (unpaired) electrons. The van der Waals surface area contributed by atoms with E-state index in [0.29, 0.717) is 12.4 Å². The van der Waals surface area contributed by atoms with E-state index < -0.39 is 0 Å². The summed E-state index contributed by atoms with van der Waals surface area (Å²) in [7, 11) is 1.38. The van der Waals surface area contributed by atoms with Gasteiger partial charge in [0.1, 0.15) is 17.9 Å². The molecule has 0 saturated heterocycles. The lowest BCUT2D eigenvalue weighted by molar-refractivity contribution is -0.139. The molecule has 4 nitrogen and oxygen atoms in total. The number of benzene rings is 2. The number of allylic oxidation sites excluding steroid dienone is 1. The third kappa shape index (κ3) is 5.00. The molecule has 1 aromatic heterocycles. The highest BCUT2D eigenvalue weighted by molar-refractivity contribution is 5.89. The van der Waals surface area contributed by atoms with E-state index in [1.165, 1.54) is 7.11 Å². The van der Waals surface area contributed by atoms with Gasteiger partial charge in [-0.1, -0.05) is 38.6 Å². The van der Waals surface area contributed by atoms with Crippen LogP contribution in [0.4, 0.5) is 0 Å². The molecular weight excluding hydrogens is 340 g/mol. The van der Waals surface area contributed by atoms with Crippen LogP contribution >= 0.6 is 0 Å². The van der Waals surface area contributed by atoms with Crippen LogP contribution in [0.5, 0.6) is 5.75 Å². The van der Waals surface area contributed by atoms with Crippen molar-refractivity contribution in [3.8, 4) is 5.75 Å². The molecule has 3 rings (SSSR count). The van der Waals surface area contributed by atoms with Gasteiger partial charge in [0, 0.05) is 16.5 Å². The molecule has 0 saturated carbocycles. The minimum atomic E-state index is -0.291. The average Bonchev–Trinajstić information content (AvgIpc) is 3.16. The summed E-state index contributed by atoms with van der Waals surface area (Å²) in [5, 5.41) is 1.02. The highest BCUT2D eigenvalue weighted by Gasteiger charge is 2.11. The van der Waals surface area contributed by atoms with Crippen molar-refractivity contribution in [1.29, 1.82) is 0 Å². The number of ether oxygens (including phenoxy) is 2. The van der Waals surface area contributed by atoms with Gasteiger partial charge >= 0.3 is 5.97 Å². The number of methoxy groups -OCH3 is 1. The van der Waals surface area contributed by atoms with E-state index >= 15 is 0 Å². The van der Waals surface area contributed by atoms with E-state index in [9.17, 15) is 4.79 Å². The molecule has 0 fully saturated rings. The zero-order chi connectivity index (χ0) is 19.8. The Balaban J connectivity index is 0.00000126. The molecule has 0 aliphatic rings. The predicted molar refractivity (Wildman–Crippen MR) is 109 cm³/mol. The van der Waals surface area contributed by atoms with E-state index in [2.05, 4.69) is 6.58 Å². The van der Waals surface area contributed by atoms with Crippen LogP contribution in [0.15, 0.2) is 59.7 Å². The molecule has 0 amide bonds. The van der Waals surface area contributed by atoms with Crippen molar-refractivity contribution in [2.24, 2.45) is 0 Å². The Kier molecular flexibility index (Phi) is 7.24. The maximum atomic E-state index is 11.5. The quantitative estimate of drug-likeness (QED) is 0.518. The molecule has 142 valence electrons. The van der Waals surface area contributed by atoms with Crippen molar-refractivity contribution >= 4 is 22.5 Å². The van der Waals surface area contributed by atoms with Crippen LogP contribution in [0.2, 0.25) is 0 Å². The van der Waals surface area contributed by atoms with Crippen LogP contribution in [0, 0.1) is 0 Å². The smallest absolute Gasteiger partial charge is 0.310 e. The molecule has 0 aliphatic heterocycles. The van der Waals surface area contributed by atoms with Crippen LogP contribution in [-0.2, 0) is 22.6 Å². The molecule has 0 unspecified atom stereocenters. The summed E-state index contributed by atoms with van der Waals surface area (Å²) in [5.74, 6) is 0.387. The van der Waals surface area contributed by atoms with E-state index in [0.717, 1.165) is 33.2 Å². The van der Waals surface area contributed by atoms with Crippen molar-refractivity contribution in [3.63, 3.8) is 0 Å². The molecule has 4 heteroatoms. The lowest BCUT2D eigenvalue weighted by Crippen LogP contribution is -2.07. The summed E-state index contributed by atoms with van der Waals surface area (Å²) in [4.78, 5) is 11.5. The highest BCUT2D eigenvalue weighted by atomic mass is 16.5. The van der Waals surface area contributed by atoms with Crippen LogP contribution in [0.3, 0.4) is 0 Å². The fraction of sp³-hybridized carbons (Fsp3) is 0.261. The Morgan fingerprint density at radius 3 is 2.59 bits per heavy atom. The summed E-state index contributed by atoms with van der Waals surface area (Å²) in [6.45, 7) is 10.4. The Labute approximate surface area is 160 Å². The van der Waals surface area contributed by atoms with Crippen molar-refractivity contribution in [2.75, 3.05) is 7.11 Å². The second kappa shape index (κ2) is 9.62. The zero-order valence-corrected chi connectivity index (χ0v) is 16.4. The topological polar surface area (TPSA) is 48.7 Å². The first-order chi connectivity index (χ1) is 13.1. The Morgan fingerprint density at radius 1 is 1.15 bits per heavy atom. The number of esters is 1. The summed E-state index contributed by atoms with van der Waals surface area (Å²) in [5.41, 5.74) is 4.57. The molecule has 0 bridgehead atoms. The maximum absolute atomic E-state index is 11.5. The van der Waals surface area contributed by atoms with E-state index in [1.54, 1.807) is 6.26 Å². The molecule has 27 heavy (non-hydrogen) atoms. The van der Waals surface area contributed by atoms with Gasteiger partial charge in [0.15, 0.2) is 0 Å². The summed E-state index contributed by atoms with van der Waals surface area (Å²) in [6.07, 6.45) is 1.86. The molecular formula is C23H26O4. The second-order valence-corrected chi connectivity index (χ2v) is 5.91. The van der Waals surface area contributed by atoms with Crippen molar-refractivity contribution < 1.29 is 18.7 Å². The fourth-order valence-electron chi connectivity index (χ4n) is 2.72. The Morgan fingerprint density at radius 2 is 1.89 bits per heavy atom.